The van der Waals surface area contributed by atoms with Crippen molar-refractivity contribution in [3.8, 4) is 0 Å². The number of nitrogens with two attached hydrogens (primary N) is 1. The van der Waals surface area contributed by atoms with Gasteiger partial charge in [-0.1, -0.05) is 30.3 Å². The molecule has 1 unspecified atom stereocenters. The Balaban J connectivity index is 1.79. The van der Waals surface area contributed by atoms with Crippen LogP contribution in [0.4, 0.5) is 0 Å². The number of benzene rings is 1. The molecule has 116 valence electrons. The van der Waals surface area contributed by atoms with Gasteiger partial charge in [-0.3, -0.25) is 4.79 Å². The van der Waals surface area contributed by atoms with Gasteiger partial charge in [-0.2, -0.15) is 0 Å². The van der Waals surface area contributed by atoms with Gasteiger partial charge in [0.2, 0.25) is 0 Å². The predicted octanol–water partition coefficient (Wildman–Crippen LogP) is 1.99. The molecule has 2 heterocycles. The third kappa shape index (κ3) is 2.90. The second kappa shape index (κ2) is 6.16. The van der Waals surface area contributed by atoms with Crippen molar-refractivity contribution in [2.75, 3.05) is 19.7 Å². The molecule has 1 aliphatic heterocycles. The second-order valence-electron chi connectivity index (χ2n) is 5.50. The summed E-state index contributed by atoms with van der Waals surface area (Å²) in [6.07, 6.45) is 0. The Morgan fingerprint density at radius 2 is 2.23 bits per heavy atom. The highest BCUT2D eigenvalue weighted by Crippen LogP contribution is 2.30. The molecular formula is C16H19N3O2S. The number of aromatic nitrogens is 1. The van der Waals surface area contributed by atoms with Gasteiger partial charge in [-0.25, -0.2) is 4.98 Å². The van der Waals surface area contributed by atoms with E-state index in [1.165, 1.54) is 11.3 Å². The molecule has 0 radical (unpaired) electrons. The smallest absolute Gasteiger partial charge is 0.273 e. The van der Waals surface area contributed by atoms with E-state index in [9.17, 15) is 4.79 Å². The first-order chi connectivity index (χ1) is 10.6. The van der Waals surface area contributed by atoms with Gasteiger partial charge >= 0.3 is 0 Å². The number of rotatable bonds is 3. The van der Waals surface area contributed by atoms with E-state index in [4.69, 9.17) is 10.5 Å². The SMILES string of the molecule is CC1(c2ccccc2)CN(C(=O)c2csc(CN)n2)CCO1. The van der Waals surface area contributed by atoms with E-state index in [2.05, 4.69) is 4.98 Å². The molecule has 0 aliphatic carbocycles. The van der Waals surface area contributed by atoms with Gasteiger partial charge in [-0.05, 0) is 12.5 Å². The maximum Gasteiger partial charge on any atom is 0.273 e. The third-order valence-electron chi connectivity index (χ3n) is 3.89. The van der Waals surface area contributed by atoms with E-state index >= 15 is 0 Å². The number of carbonyl (C=O) groups is 1. The molecule has 6 heteroatoms. The maximum atomic E-state index is 12.6. The van der Waals surface area contributed by atoms with Crippen LogP contribution in [0.3, 0.4) is 0 Å². The average Bonchev–Trinajstić information content (AvgIpc) is 3.04. The van der Waals surface area contributed by atoms with Crippen molar-refractivity contribution < 1.29 is 9.53 Å². The van der Waals surface area contributed by atoms with Crippen LogP contribution in [0.15, 0.2) is 35.7 Å². The number of carbonyl (C=O) groups excluding carboxylic acids is 1. The number of amides is 1. The Labute approximate surface area is 133 Å². The summed E-state index contributed by atoms with van der Waals surface area (Å²) in [7, 11) is 0. The van der Waals surface area contributed by atoms with E-state index in [-0.39, 0.29) is 5.91 Å². The highest BCUT2D eigenvalue weighted by molar-refractivity contribution is 7.09. The van der Waals surface area contributed by atoms with Gasteiger partial charge in [0.05, 0.1) is 13.2 Å². The Hall–Kier alpha value is -1.76. The van der Waals surface area contributed by atoms with Crippen molar-refractivity contribution in [2.24, 2.45) is 5.73 Å². The molecule has 1 amide bonds. The fourth-order valence-corrected chi connectivity index (χ4v) is 3.32. The zero-order valence-corrected chi connectivity index (χ0v) is 13.3. The molecule has 22 heavy (non-hydrogen) atoms. The molecule has 3 rings (SSSR count). The highest BCUT2D eigenvalue weighted by Gasteiger charge is 2.36. The van der Waals surface area contributed by atoms with Crippen molar-refractivity contribution in [3.63, 3.8) is 0 Å². The Morgan fingerprint density at radius 3 is 2.91 bits per heavy atom. The Kier molecular flexibility index (Phi) is 4.24. The second-order valence-corrected chi connectivity index (χ2v) is 6.45. The van der Waals surface area contributed by atoms with Crippen LogP contribution in [0, 0.1) is 0 Å². The number of hydrogen-bond acceptors (Lipinski definition) is 5. The molecule has 1 atom stereocenters. The van der Waals surface area contributed by atoms with Crippen LogP contribution in [0.25, 0.3) is 0 Å². The Morgan fingerprint density at radius 1 is 1.45 bits per heavy atom. The Bertz CT molecular complexity index is 658. The lowest BCUT2D eigenvalue weighted by molar-refractivity contribution is -0.0931. The highest BCUT2D eigenvalue weighted by atomic mass is 32.1. The predicted molar refractivity (Wildman–Crippen MR) is 85.7 cm³/mol. The first-order valence-electron chi connectivity index (χ1n) is 7.25. The molecule has 0 spiro atoms. The quantitative estimate of drug-likeness (QED) is 0.940. The van der Waals surface area contributed by atoms with Gasteiger partial charge in [-0.15, -0.1) is 11.3 Å². The number of thiazole rings is 1. The molecule has 1 fully saturated rings. The summed E-state index contributed by atoms with van der Waals surface area (Å²) in [5.41, 5.74) is 6.63. The molecule has 2 aromatic rings. The van der Waals surface area contributed by atoms with Crippen LogP contribution < -0.4 is 5.73 Å². The van der Waals surface area contributed by atoms with Gasteiger partial charge in [0.25, 0.3) is 5.91 Å². The zero-order chi connectivity index (χ0) is 15.6. The van der Waals surface area contributed by atoms with Gasteiger partial charge in [0.15, 0.2) is 0 Å². The molecule has 0 bridgehead atoms. The molecule has 1 aliphatic rings. The lowest BCUT2D eigenvalue weighted by atomic mass is 9.94. The minimum atomic E-state index is -0.484. The fourth-order valence-electron chi connectivity index (χ4n) is 2.67. The fraction of sp³-hybridized carbons (Fsp3) is 0.375. The van der Waals surface area contributed by atoms with E-state index in [1.54, 1.807) is 5.38 Å². The third-order valence-corrected chi connectivity index (χ3v) is 4.76. The summed E-state index contributed by atoms with van der Waals surface area (Å²) >= 11 is 1.42. The summed E-state index contributed by atoms with van der Waals surface area (Å²) < 4.78 is 5.96. The largest absolute Gasteiger partial charge is 0.367 e. The van der Waals surface area contributed by atoms with Gasteiger partial charge in [0, 0.05) is 18.5 Å². The summed E-state index contributed by atoms with van der Waals surface area (Å²) in [6.45, 7) is 4.00. The topological polar surface area (TPSA) is 68.5 Å². The molecule has 2 N–H and O–H groups in total. The lowest BCUT2D eigenvalue weighted by Gasteiger charge is -2.40. The summed E-state index contributed by atoms with van der Waals surface area (Å²) in [5, 5.41) is 2.56. The van der Waals surface area contributed by atoms with Crippen LogP contribution in [0.1, 0.15) is 28.0 Å². The molecule has 1 aromatic carbocycles. The van der Waals surface area contributed by atoms with Crippen molar-refractivity contribution in [1.29, 1.82) is 0 Å². The lowest BCUT2D eigenvalue weighted by Crippen LogP contribution is -2.50. The van der Waals surface area contributed by atoms with Gasteiger partial charge in [0.1, 0.15) is 16.3 Å². The summed E-state index contributed by atoms with van der Waals surface area (Å²) in [5.74, 6) is -0.0543. The number of hydrogen-bond donors (Lipinski definition) is 1. The van der Waals surface area contributed by atoms with E-state index in [0.717, 1.165) is 10.6 Å². The normalized spacial score (nSPS) is 21.8. The number of nitrogens with zero attached hydrogens (tertiary/aromatic N) is 2. The van der Waals surface area contributed by atoms with Crippen LogP contribution in [-0.4, -0.2) is 35.5 Å². The van der Waals surface area contributed by atoms with Crippen molar-refractivity contribution in [2.45, 2.75) is 19.1 Å². The zero-order valence-electron chi connectivity index (χ0n) is 12.5. The van der Waals surface area contributed by atoms with Crippen LogP contribution in [-0.2, 0) is 16.9 Å². The molecule has 5 nitrogen and oxygen atoms in total. The molecule has 1 saturated heterocycles. The standard InChI is InChI=1S/C16H19N3O2S/c1-16(12-5-3-2-4-6-12)11-19(7-8-21-16)15(20)13-10-22-14(9-17)18-13/h2-6,10H,7-9,11,17H2,1H3. The number of ether oxygens (including phenoxy) is 1. The van der Waals surface area contributed by atoms with E-state index in [1.807, 2.05) is 42.2 Å². The molecule has 1 aromatic heterocycles. The maximum absolute atomic E-state index is 12.6. The first kappa shape index (κ1) is 15.1. The summed E-state index contributed by atoms with van der Waals surface area (Å²) in [6, 6.07) is 10.0. The van der Waals surface area contributed by atoms with E-state index < -0.39 is 5.60 Å². The van der Waals surface area contributed by atoms with Crippen molar-refractivity contribution >= 4 is 17.2 Å². The minimum absolute atomic E-state index is 0.0543. The molecule has 0 saturated carbocycles. The monoisotopic (exact) mass is 317 g/mol. The van der Waals surface area contributed by atoms with Crippen LogP contribution in [0.2, 0.25) is 0 Å². The van der Waals surface area contributed by atoms with Crippen molar-refractivity contribution in [1.82, 2.24) is 9.88 Å². The minimum Gasteiger partial charge on any atom is -0.367 e. The average molecular weight is 317 g/mol. The number of morpholine rings is 1. The first-order valence-corrected chi connectivity index (χ1v) is 8.13. The summed E-state index contributed by atoms with van der Waals surface area (Å²) in [4.78, 5) is 18.7. The van der Waals surface area contributed by atoms with E-state index in [0.29, 0.717) is 31.9 Å². The van der Waals surface area contributed by atoms with Crippen molar-refractivity contribution in [3.05, 3.63) is 52.0 Å². The molecular weight excluding hydrogens is 298 g/mol. The van der Waals surface area contributed by atoms with Gasteiger partial charge < -0.3 is 15.4 Å². The van der Waals surface area contributed by atoms with Crippen LogP contribution >= 0.6 is 11.3 Å². The van der Waals surface area contributed by atoms with Crippen LogP contribution in [0.5, 0.6) is 0 Å².